The zero-order valence-electron chi connectivity index (χ0n) is 15.8. The molecule has 9 heteroatoms. The van der Waals surface area contributed by atoms with Crippen LogP contribution in [0.5, 0.6) is 0 Å². The number of aromatic nitrogens is 3. The van der Waals surface area contributed by atoms with E-state index in [0.717, 1.165) is 54.6 Å². The monoisotopic (exact) mass is 421 g/mol. The number of hydrogen-bond donors (Lipinski definition) is 0. The Labute approximate surface area is 174 Å². The minimum absolute atomic E-state index is 0. The number of ether oxygens (including phenoxy) is 1. The first-order valence-corrected chi connectivity index (χ1v) is 9.99. The van der Waals surface area contributed by atoms with E-state index in [-0.39, 0.29) is 18.3 Å². The van der Waals surface area contributed by atoms with Gasteiger partial charge in [-0.05, 0) is 24.6 Å². The van der Waals surface area contributed by atoms with Gasteiger partial charge in [0.1, 0.15) is 0 Å². The molecule has 7 nitrogen and oxygen atoms in total. The van der Waals surface area contributed by atoms with E-state index in [2.05, 4.69) is 15.0 Å². The largest absolute Gasteiger partial charge is 0.379 e. The summed E-state index contributed by atoms with van der Waals surface area (Å²) in [6.45, 7) is 5.04. The van der Waals surface area contributed by atoms with Gasteiger partial charge in [0, 0.05) is 39.4 Å². The van der Waals surface area contributed by atoms with Gasteiger partial charge in [-0.2, -0.15) is 5.10 Å². The molecule has 0 unspecified atom stereocenters. The summed E-state index contributed by atoms with van der Waals surface area (Å²) in [7, 11) is 1.82. The van der Waals surface area contributed by atoms with Gasteiger partial charge in [-0.3, -0.25) is 19.3 Å². The van der Waals surface area contributed by atoms with Crippen LogP contribution in [0, 0.1) is 0 Å². The van der Waals surface area contributed by atoms with Crippen molar-refractivity contribution in [2.24, 2.45) is 7.05 Å². The standard InChI is InChI=1S/C19H23N5O2S.ClH/c1-22-10-7-16(21-22)18(25)24(9-4-8-23-11-13-26-14-12-23)19-20-15-5-2-3-6-17(15)27-19;/h2-3,5-7,10H,4,8-9,11-14H2,1H3;1H. The first-order chi connectivity index (χ1) is 13.2. The quantitative estimate of drug-likeness (QED) is 0.612. The maximum atomic E-state index is 13.1. The molecule has 0 atom stereocenters. The number of anilines is 1. The van der Waals surface area contributed by atoms with Crippen molar-refractivity contribution in [3.63, 3.8) is 0 Å². The van der Waals surface area contributed by atoms with Crippen molar-refractivity contribution in [1.29, 1.82) is 0 Å². The maximum Gasteiger partial charge on any atom is 0.280 e. The first kappa shape index (κ1) is 20.7. The summed E-state index contributed by atoms with van der Waals surface area (Å²) in [5.74, 6) is -0.100. The Morgan fingerprint density at radius 1 is 1.25 bits per heavy atom. The molecule has 0 saturated carbocycles. The Balaban J connectivity index is 0.00000225. The van der Waals surface area contributed by atoms with E-state index in [1.165, 1.54) is 0 Å². The van der Waals surface area contributed by atoms with Crippen LogP contribution in [-0.2, 0) is 11.8 Å². The fourth-order valence-electron chi connectivity index (χ4n) is 3.20. The molecule has 28 heavy (non-hydrogen) atoms. The zero-order valence-corrected chi connectivity index (χ0v) is 17.4. The number of halogens is 1. The SMILES string of the molecule is Cl.Cn1ccc(C(=O)N(CCCN2CCOCC2)c2nc3ccccc3s2)n1. The average Bonchev–Trinajstić information content (AvgIpc) is 3.31. The fourth-order valence-corrected chi connectivity index (χ4v) is 4.19. The molecule has 0 spiro atoms. The predicted octanol–water partition coefficient (Wildman–Crippen LogP) is 2.82. The summed E-state index contributed by atoms with van der Waals surface area (Å²) < 4.78 is 8.14. The number of thiazole rings is 1. The molecule has 3 heterocycles. The molecular weight excluding hydrogens is 398 g/mol. The lowest BCUT2D eigenvalue weighted by Crippen LogP contribution is -2.39. The topological polar surface area (TPSA) is 63.5 Å². The highest BCUT2D eigenvalue weighted by molar-refractivity contribution is 7.22. The second-order valence-electron chi connectivity index (χ2n) is 6.60. The maximum absolute atomic E-state index is 13.1. The Kier molecular flexibility index (Phi) is 7.01. The summed E-state index contributed by atoms with van der Waals surface area (Å²) in [6, 6.07) is 9.73. The van der Waals surface area contributed by atoms with Crippen molar-refractivity contribution >= 4 is 45.0 Å². The summed E-state index contributed by atoms with van der Waals surface area (Å²) >= 11 is 1.55. The highest BCUT2D eigenvalue weighted by Crippen LogP contribution is 2.29. The summed E-state index contributed by atoms with van der Waals surface area (Å²) in [6.07, 6.45) is 2.67. The second-order valence-corrected chi connectivity index (χ2v) is 7.61. The predicted molar refractivity (Wildman–Crippen MR) is 114 cm³/mol. The van der Waals surface area contributed by atoms with Gasteiger partial charge < -0.3 is 4.74 Å². The third kappa shape index (κ3) is 4.70. The Hall–Kier alpha value is -2.00. The number of rotatable bonds is 6. The Bertz CT molecular complexity index is 889. The van der Waals surface area contributed by atoms with Crippen molar-refractivity contribution in [2.75, 3.05) is 44.3 Å². The van der Waals surface area contributed by atoms with E-state index in [1.54, 1.807) is 33.2 Å². The summed E-state index contributed by atoms with van der Waals surface area (Å²) in [5.41, 5.74) is 1.37. The molecule has 0 radical (unpaired) electrons. The molecule has 4 rings (SSSR count). The van der Waals surface area contributed by atoms with Gasteiger partial charge in [0.2, 0.25) is 0 Å². The fraction of sp³-hybridized carbons (Fsp3) is 0.421. The van der Waals surface area contributed by atoms with E-state index < -0.39 is 0 Å². The van der Waals surface area contributed by atoms with E-state index in [9.17, 15) is 4.79 Å². The van der Waals surface area contributed by atoms with Crippen LogP contribution in [0.4, 0.5) is 5.13 Å². The van der Waals surface area contributed by atoms with Crippen LogP contribution in [-0.4, -0.2) is 65.0 Å². The zero-order chi connectivity index (χ0) is 18.6. The van der Waals surface area contributed by atoms with Gasteiger partial charge in [0.05, 0.1) is 23.4 Å². The number of amides is 1. The van der Waals surface area contributed by atoms with Gasteiger partial charge in [0.25, 0.3) is 5.91 Å². The molecule has 150 valence electrons. The molecule has 0 aliphatic carbocycles. The highest BCUT2D eigenvalue weighted by atomic mass is 35.5. The summed E-state index contributed by atoms with van der Waals surface area (Å²) in [5, 5.41) is 5.01. The van der Waals surface area contributed by atoms with Crippen LogP contribution in [0.15, 0.2) is 36.5 Å². The van der Waals surface area contributed by atoms with Gasteiger partial charge in [-0.15, -0.1) is 12.4 Å². The highest BCUT2D eigenvalue weighted by Gasteiger charge is 2.23. The van der Waals surface area contributed by atoms with Gasteiger partial charge in [0.15, 0.2) is 10.8 Å². The molecule has 1 fully saturated rings. The van der Waals surface area contributed by atoms with Gasteiger partial charge in [-0.1, -0.05) is 23.5 Å². The van der Waals surface area contributed by atoms with Crippen molar-refractivity contribution < 1.29 is 9.53 Å². The Morgan fingerprint density at radius 2 is 2.04 bits per heavy atom. The van der Waals surface area contributed by atoms with Crippen LogP contribution >= 0.6 is 23.7 Å². The molecule has 3 aromatic rings. The van der Waals surface area contributed by atoms with Crippen molar-refractivity contribution in [2.45, 2.75) is 6.42 Å². The van der Waals surface area contributed by atoms with E-state index in [1.807, 2.05) is 31.3 Å². The van der Waals surface area contributed by atoms with Crippen LogP contribution in [0.2, 0.25) is 0 Å². The molecule has 1 aromatic carbocycles. The minimum Gasteiger partial charge on any atom is -0.379 e. The number of benzene rings is 1. The lowest BCUT2D eigenvalue weighted by molar-refractivity contribution is 0.0376. The number of fused-ring (bicyclic) bond motifs is 1. The van der Waals surface area contributed by atoms with Crippen LogP contribution < -0.4 is 4.90 Å². The number of nitrogens with zero attached hydrogens (tertiary/aromatic N) is 5. The van der Waals surface area contributed by atoms with Crippen LogP contribution in [0.3, 0.4) is 0 Å². The normalized spacial score (nSPS) is 14.8. The van der Waals surface area contributed by atoms with Crippen LogP contribution in [0.25, 0.3) is 10.2 Å². The molecule has 0 bridgehead atoms. The molecule has 1 aliphatic rings. The number of morpholine rings is 1. The average molecular weight is 422 g/mol. The van der Waals surface area contributed by atoms with Gasteiger partial charge in [-0.25, -0.2) is 4.98 Å². The van der Waals surface area contributed by atoms with Gasteiger partial charge >= 0.3 is 0 Å². The molecule has 0 N–H and O–H groups in total. The third-order valence-corrected chi connectivity index (χ3v) is 5.71. The lowest BCUT2D eigenvalue weighted by atomic mass is 10.3. The number of aryl methyl sites for hydroxylation is 1. The number of carbonyl (C=O) groups is 1. The Morgan fingerprint density at radius 3 is 2.75 bits per heavy atom. The minimum atomic E-state index is -0.100. The van der Waals surface area contributed by atoms with Crippen molar-refractivity contribution in [3.8, 4) is 0 Å². The molecule has 2 aromatic heterocycles. The first-order valence-electron chi connectivity index (χ1n) is 9.18. The van der Waals surface area contributed by atoms with E-state index in [4.69, 9.17) is 4.74 Å². The number of hydrogen-bond acceptors (Lipinski definition) is 6. The van der Waals surface area contributed by atoms with E-state index >= 15 is 0 Å². The van der Waals surface area contributed by atoms with Crippen molar-refractivity contribution in [1.82, 2.24) is 19.7 Å². The molecule has 1 aliphatic heterocycles. The second kappa shape index (κ2) is 9.47. The smallest absolute Gasteiger partial charge is 0.280 e. The van der Waals surface area contributed by atoms with E-state index in [0.29, 0.717) is 12.2 Å². The number of carbonyl (C=O) groups excluding carboxylic acids is 1. The molecule has 1 amide bonds. The lowest BCUT2D eigenvalue weighted by Gasteiger charge is -2.27. The van der Waals surface area contributed by atoms with Crippen LogP contribution in [0.1, 0.15) is 16.9 Å². The molecular formula is C19H24ClN5O2S. The third-order valence-electron chi connectivity index (χ3n) is 4.65. The number of para-hydroxylation sites is 1. The van der Waals surface area contributed by atoms with Crippen molar-refractivity contribution in [3.05, 3.63) is 42.2 Å². The summed E-state index contributed by atoms with van der Waals surface area (Å²) in [4.78, 5) is 21.9. The molecule has 1 saturated heterocycles.